The fourth-order valence-electron chi connectivity index (χ4n) is 3.56. The summed E-state index contributed by atoms with van der Waals surface area (Å²) in [6.45, 7) is 9.33. The lowest BCUT2D eigenvalue weighted by atomic mass is 9.89. The van der Waals surface area contributed by atoms with Crippen LogP contribution in [-0.2, 0) is 6.54 Å². The average Bonchev–Trinajstić information content (AvgIpc) is 2.97. The Kier molecular flexibility index (Phi) is 6.40. The van der Waals surface area contributed by atoms with Crippen molar-refractivity contribution in [3.8, 4) is 0 Å². The summed E-state index contributed by atoms with van der Waals surface area (Å²) in [7, 11) is 4.10. The van der Waals surface area contributed by atoms with Gasteiger partial charge in [0.1, 0.15) is 5.69 Å². The monoisotopic (exact) mass is 336 g/mol. The summed E-state index contributed by atoms with van der Waals surface area (Å²) in [5.74, 6) is 0.906. The minimum absolute atomic E-state index is 0.0400. The van der Waals surface area contributed by atoms with Crippen LogP contribution in [-0.4, -0.2) is 70.9 Å². The van der Waals surface area contributed by atoms with Crippen LogP contribution in [0.2, 0.25) is 0 Å². The van der Waals surface area contributed by atoms with Gasteiger partial charge < -0.3 is 14.9 Å². The molecule has 0 unspecified atom stereocenters. The van der Waals surface area contributed by atoms with Gasteiger partial charge in [-0.2, -0.15) is 5.10 Å². The summed E-state index contributed by atoms with van der Waals surface area (Å²) in [6.07, 6.45) is 0.975. The number of aryl methyl sites for hydroxylation is 1. The fraction of sp³-hybridized carbons (Fsp3) is 0.778. The second-order valence-corrected chi connectivity index (χ2v) is 7.55. The van der Waals surface area contributed by atoms with E-state index in [0.717, 1.165) is 25.2 Å². The molecule has 6 heteroatoms. The summed E-state index contributed by atoms with van der Waals surface area (Å²) in [4.78, 5) is 17.1. The molecular weight excluding hydrogens is 304 g/mol. The summed E-state index contributed by atoms with van der Waals surface area (Å²) >= 11 is 0. The van der Waals surface area contributed by atoms with Crippen molar-refractivity contribution in [3.05, 3.63) is 17.5 Å². The molecule has 0 radical (unpaired) electrons. The third-order valence-corrected chi connectivity index (χ3v) is 4.70. The minimum atomic E-state index is 0.0400. The summed E-state index contributed by atoms with van der Waals surface area (Å²) in [6, 6.07) is 1.93. The molecule has 2 heterocycles. The Balaban J connectivity index is 2.20. The Bertz CT molecular complexity index is 553. The Morgan fingerprint density at radius 1 is 1.38 bits per heavy atom. The van der Waals surface area contributed by atoms with Crippen LogP contribution in [0.25, 0.3) is 0 Å². The first-order valence-corrected chi connectivity index (χ1v) is 8.98. The van der Waals surface area contributed by atoms with Crippen LogP contribution in [0.5, 0.6) is 0 Å². The lowest BCUT2D eigenvalue weighted by Crippen LogP contribution is -2.47. The van der Waals surface area contributed by atoms with Crippen LogP contribution < -0.4 is 0 Å². The Morgan fingerprint density at radius 3 is 2.58 bits per heavy atom. The summed E-state index contributed by atoms with van der Waals surface area (Å²) < 4.78 is 1.81. The lowest BCUT2D eigenvalue weighted by Gasteiger charge is -2.38. The maximum Gasteiger partial charge on any atom is 0.272 e. The predicted molar refractivity (Wildman–Crippen MR) is 95.1 cm³/mol. The molecule has 1 aliphatic heterocycles. The van der Waals surface area contributed by atoms with E-state index in [9.17, 15) is 9.90 Å². The van der Waals surface area contributed by atoms with Crippen LogP contribution in [0, 0.1) is 11.8 Å². The van der Waals surface area contributed by atoms with E-state index in [1.807, 2.05) is 17.9 Å². The van der Waals surface area contributed by atoms with E-state index in [1.165, 1.54) is 0 Å². The number of aromatic nitrogens is 2. The third-order valence-electron chi connectivity index (χ3n) is 4.70. The van der Waals surface area contributed by atoms with Crippen molar-refractivity contribution >= 4 is 5.91 Å². The average molecular weight is 336 g/mol. The zero-order chi connectivity index (χ0) is 17.9. The molecule has 0 saturated carbocycles. The molecule has 2 rings (SSSR count). The van der Waals surface area contributed by atoms with E-state index in [1.54, 1.807) is 4.68 Å². The van der Waals surface area contributed by atoms with Gasteiger partial charge in [0, 0.05) is 32.8 Å². The van der Waals surface area contributed by atoms with Crippen LogP contribution in [0.1, 0.15) is 49.3 Å². The van der Waals surface area contributed by atoms with Crippen molar-refractivity contribution in [1.29, 1.82) is 0 Å². The third kappa shape index (κ3) is 4.36. The molecule has 6 nitrogen and oxygen atoms in total. The number of likely N-dealkylation sites (tertiary alicyclic amines) is 1. The van der Waals surface area contributed by atoms with Crippen molar-refractivity contribution in [2.75, 3.05) is 40.3 Å². The number of rotatable bonds is 6. The number of carbonyl (C=O) groups excluding carboxylic acids is 1. The quantitative estimate of drug-likeness (QED) is 0.858. The highest BCUT2D eigenvalue weighted by Gasteiger charge is 2.32. The second-order valence-electron chi connectivity index (χ2n) is 7.55. The fourth-order valence-corrected chi connectivity index (χ4v) is 3.56. The van der Waals surface area contributed by atoms with Gasteiger partial charge in [0.25, 0.3) is 5.91 Å². The molecule has 0 spiro atoms. The van der Waals surface area contributed by atoms with Crippen molar-refractivity contribution in [2.24, 2.45) is 11.8 Å². The molecule has 0 aromatic carbocycles. The van der Waals surface area contributed by atoms with Crippen molar-refractivity contribution in [2.45, 2.75) is 39.7 Å². The predicted octanol–water partition coefficient (Wildman–Crippen LogP) is 1.66. The van der Waals surface area contributed by atoms with Crippen LogP contribution in [0.3, 0.4) is 0 Å². The van der Waals surface area contributed by atoms with Gasteiger partial charge in [-0.15, -0.1) is 0 Å². The van der Waals surface area contributed by atoms with Crippen LogP contribution >= 0.6 is 0 Å². The molecular formula is C18H32N4O2. The molecule has 0 bridgehead atoms. The van der Waals surface area contributed by atoms with E-state index in [2.05, 4.69) is 37.9 Å². The topological polar surface area (TPSA) is 61.6 Å². The molecule has 1 N–H and O–H groups in total. The number of amides is 1. The highest BCUT2D eigenvalue weighted by molar-refractivity contribution is 5.92. The molecule has 1 fully saturated rings. The molecule has 1 saturated heterocycles. The molecule has 1 aromatic heterocycles. The van der Waals surface area contributed by atoms with Gasteiger partial charge >= 0.3 is 0 Å². The molecule has 1 aliphatic rings. The number of hydrogen-bond donors (Lipinski definition) is 1. The van der Waals surface area contributed by atoms with Gasteiger partial charge in [0.05, 0.1) is 5.69 Å². The van der Waals surface area contributed by atoms with Crippen LogP contribution in [0.4, 0.5) is 0 Å². The second kappa shape index (κ2) is 8.12. The number of piperidine rings is 1. The smallest absolute Gasteiger partial charge is 0.272 e. The van der Waals surface area contributed by atoms with Gasteiger partial charge in [-0.25, -0.2) is 0 Å². The van der Waals surface area contributed by atoms with Gasteiger partial charge in [-0.3, -0.25) is 9.48 Å². The van der Waals surface area contributed by atoms with Crippen molar-refractivity contribution in [3.63, 3.8) is 0 Å². The normalized spacial score (nSPS) is 21.8. The van der Waals surface area contributed by atoms with E-state index in [4.69, 9.17) is 0 Å². The number of aliphatic hydroxyl groups excluding tert-OH is 1. The van der Waals surface area contributed by atoms with Gasteiger partial charge in [0.2, 0.25) is 0 Å². The Morgan fingerprint density at radius 2 is 2.04 bits per heavy atom. The molecule has 136 valence electrons. The number of nitrogens with zero attached hydrogens (tertiary/aromatic N) is 4. The Labute approximate surface area is 145 Å². The van der Waals surface area contributed by atoms with Gasteiger partial charge in [0.15, 0.2) is 0 Å². The molecule has 0 aliphatic carbocycles. The van der Waals surface area contributed by atoms with E-state index < -0.39 is 0 Å². The van der Waals surface area contributed by atoms with Crippen LogP contribution in [0.15, 0.2) is 6.07 Å². The largest absolute Gasteiger partial charge is 0.396 e. The first kappa shape index (κ1) is 18.9. The van der Waals surface area contributed by atoms with E-state index >= 15 is 0 Å². The zero-order valence-electron chi connectivity index (χ0n) is 15.7. The lowest BCUT2D eigenvalue weighted by molar-refractivity contribution is 0.0467. The first-order valence-electron chi connectivity index (χ1n) is 8.98. The summed E-state index contributed by atoms with van der Waals surface area (Å²) in [5, 5.41) is 14.2. The van der Waals surface area contributed by atoms with Crippen molar-refractivity contribution < 1.29 is 9.90 Å². The standard InChI is InChI=1S/C18H32N4O2/c1-6-22-17(8-16(19-22)13(2)3)18(24)21-10-14(9-20(4)5)7-15(11-21)12-23/h8,13-15,23H,6-7,9-12H2,1-5H3/t14-,15+/m1/s1. The van der Waals surface area contributed by atoms with E-state index in [-0.39, 0.29) is 18.4 Å². The highest BCUT2D eigenvalue weighted by atomic mass is 16.3. The Hall–Kier alpha value is -1.40. The maximum absolute atomic E-state index is 13.1. The highest BCUT2D eigenvalue weighted by Crippen LogP contribution is 2.24. The minimum Gasteiger partial charge on any atom is -0.396 e. The van der Waals surface area contributed by atoms with Gasteiger partial charge in [-0.05, 0) is 51.3 Å². The molecule has 1 amide bonds. The molecule has 2 atom stereocenters. The maximum atomic E-state index is 13.1. The zero-order valence-corrected chi connectivity index (χ0v) is 15.7. The molecule has 24 heavy (non-hydrogen) atoms. The number of hydrogen-bond acceptors (Lipinski definition) is 4. The number of aliphatic hydroxyl groups is 1. The van der Waals surface area contributed by atoms with E-state index in [0.29, 0.717) is 30.6 Å². The summed E-state index contributed by atoms with van der Waals surface area (Å²) in [5.41, 5.74) is 1.63. The SMILES string of the molecule is CCn1nc(C(C)C)cc1C(=O)N1C[C@@H](CN(C)C)C[C@H](CO)C1. The number of carbonyl (C=O) groups is 1. The van der Waals surface area contributed by atoms with Gasteiger partial charge in [-0.1, -0.05) is 13.8 Å². The van der Waals surface area contributed by atoms with Crippen molar-refractivity contribution in [1.82, 2.24) is 19.6 Å². The molecule has 1 aromatic rings. The first-order chi connectivity index (χ1) is 11.3.